The third kappa shape index (κ3) is 3.26. The lowest BCUT2D eigenvalue weighted by atomic mass is 10.0. The first kappa shape index (κ1) is 14.1. The third-order valence-electron chi connectivity index (χ3n) is 2.87. The summed E-state index contributed by atoms with van der Waals surface area (Å²) in [6.45, 7) is 9.67. The fourth-order valence-corrected chi connectivity index (χ4v) is 2.43. The molecule has 0 radical (unpaired) electrons. The van der Waals surface area contributed by atoms with Crippen LogP contribution in [0.5, 0.6) is 0 Å². The summed E-state index contributed by atoms with van der Waals surface area (Å²) >= 11 is 1.64. The summed E-state index contributed by atoms with van der Waals surface area (Å²) < 4.78 is 0. The van der Waals surface area contributed by atoms with Crippen LogP contribution >= 0.6 is 11.3 Å². The van der Waals surface area contributed by atoms with E-state index in [0.29, 0.717) is 0 Å². The Morgan fingerprint density at radius 1 is 1.41 bits per heavy atom. The predicted octanol–water partition coefficient (Wildman–Crippen LogP) is 1.94. The Morgan fingerprint density at radius 3 is 2.41 bits per heavy atom. The minimum absolute atomic E-state index is 0.00123. The first-order valence-corrected chi connectivity index (χ1v) is 6.53. The van der Waals surface area contributed by atoms with Crippen molar-refractivity contribution < 1.29 is 4.79 Å². The molecule has 2 N–H and O–H groups in total. The molecular formula is C12H21N3OS. The maximum Gasteiger partial charge on any atom is 0.240 e. The molecule has 0 aliphatic heterocycles. The molecule has 0 aliphatic carbocycles. The molecule has 1 aromatic heterocycles. The van der Waals surface area contributed by atoms with Gasteiger partial charge in [0.1, 0.15) is 0 Å². The summed E-state index contributed by atoms with van der Waals surface area (Å²) in [6.07, 6.45) is 0. The Balaban J connectivity index is 2.77. The number of thiazole rings is 1. The Labute approximate surface area is 107 Å². The summed E-state index contributed by atoms with van der Waals surface area (Å²) in [5.74, 6) is -0.00190. The molecule has 96 valence electrons. The zero-order valence-electron chi connectivity index (χ0n) is 11.3. The highest BCUT2D eigenvalue weighted by Gasteiger charge is 2.27. The van der Waals surface area contributed by atoms with Gasteiger partial charge in [0.25, 0.3) is 0 Å². The standard InChI is InChI=1S/C12H21N3OS/c1-7-10(17-9(3)14-7)8(2)15-11(16)12(4,5)13-6/h8,13H,1-6H3,(H,15,16). The van der Waals surface area contributed by atoms with E-state index in [1.165, 1.54) is 0 Å². The van der Waals surface area contributed by atoms with Gasteiger partial charge in [0.05, 0.1) is 22.3 Å². The van der Waals surface area contributed by atoms with Crippen LogP contribution in [0.15, 0.2) is 0 Å². The van der Waals surface area contributed by atoms with E-state index < -0.39 is 5.54 Å². The second kappa shape index (κ2) is 5.14. The van der Waals surface area contributed by atoms with E-state index in [0.717, 1.165) is 15.6 Å². The van der Waals surface area contributed by atoms with Crippen LogP contribution in [0.1, 0.15) is 42.4 Å². The Kier molecular flexibility index (Phi) is 4.27. The van der Waals surface area contributed by atoms with Crippen LogP contribution < -0.4 is 10.6 Å². The van der Waals surface area contributed by atoms with E-state index in [2.05, 4.69) is 15.6 Å². The summed E-state index contributed by atoms with van der Waals surface area (Å²) in [4.78, 5) is 17.5. The van der Waals surface area contributed by atoms with Crippen molar-refractivity contribution in [2.45, 2.75) is 46.2 Å². The Hall–Kier alpha value is -0.940. The third-order valence-corrected chi connectivity index (χ3v) is 4.13. The SMILES string of the molecule is CNC(C)(C)C(=O)NC(C)c1sc(C)nc1C. The van der Waals surface area contributed by atoms with Gasteiger partial charge in [0, 0.05) is 4.88 Å². The average molecular weight is 255 g/mol. The van der Waals surface area contributed by atoms with Gasteiger partial charge in [0.15, 0.2) is 0 Å². The van der Waals surface area contributed by atoms with E-state index in [4.69, 9.17) is 0 Å². The van der Waals surface area contributed by atoms with Crippen LogP contribution in [0.2, 0.25) is 0 Å². The van der Waals surface area contributed by atoms with E-state index in [1.807, 2.05) is 34.6 Å². The summed E-state index contributed by atoms with van der Waals surface area (Å²) in [6, 6.07) is 0.00123. The number of hydrogen-bond donors (Lipinski definition) is 2. The number of rotatable bonds is 4. The molecule has 5 heteroatoms. The van der Waals surface area contributed by atoms with Crippen molar-refractivity contribution in [3.05, 3.63) is 15.6 Å². The second-order valence-corrected chi connectivity index (χ2v) is 5.99. The normalized spacial score (nSPS) is 13.5. The number of amides is 1. The number of carbonyl (C=O) groups is 1. The zero-order valence-corrected chi connectivity index (χ0v) is 12.2. The fraction of sp³-hybridized carbons (Fsp3) is 0.667. The van der Waals surface area contributed by atoms with E-state index in [-0.39, 0.29) is 11.9 Å². The lowest BCUT2D eigenvalue weighted by molar-refractivity contribution is -0.126. The summed E-state index contributed by atoms with van der Waals surface area (Å²) in [5.41, 5.74) is 0.449. The summed E-state index contributed by atoms with van der Waals surface area (Å²) in [7, 11) is 1.78. The lowest BCUT2D eigenvalue weighted by Crippen LogP contribution is -2.51. The van der Waals surface area contributed by atoms with Gasteiger partial charge >= 0.3 is 0 Å². The van der Waals surface area contributed by atoms with Gasteiger partial charge in [0.2, 0.25) is 5.91 Å². The van der Waals surface area contributed by atoms with Crippen molar-refractivity contribution in [2.75, 3.05) is 7.05 Å². The van der Waals surface area contributed by atoms with Crippen molar-refractivity contribution in [1.29, 1.82) is 0 Å². The molecule has 17 heavy (non-hydrogen) atoms. The fourth-order valence-electron chi connectivity index (χ4n) is 1.50. The maximum atomic E-state index is 12.0. The van der Waals surface area contributed by atoms with E-state index in [1.54, 1.807) is 18.4 Å². The van der Waals surface area contributed by atoms with Gasteiger partial charge < -0.3 is 10.6 Å². The van der Waals surface area contributed by atoms with Gasteiger partial charge in [-0.15, -0.1) is 11.3 Å². The van der Waals surface area contributed by atoms with Crippen molar-refractivity contribution in [3.63, 3.8) is 0 Å². The number of aryl methyl sites for hydroxylation is 2. The van der Waals surface area contributed by atoms with Gasteiger partial charge in [-0.25, -0.2) is 4.98 Å². The molecule has 4 nitrogen and oxygen atoms in total. The maximum absolute atomic E-state index is 12.0. The number of carbonyl (C=O) groups excluding carboxylic acids is 1. The minimum Gasteiger partial charge on any atom is -0.347 e. The van der Waals surface area contributed by atoms with Gasteiger partial charge in [-0.1, -0.05) is 0 Å². The van der Waals surface area contributed by atoms with Gasteiger partial charge in [-0.2, -0.15) is 0 Å². The number of nitrogens with zero attached hydrogens (tertiary/aromatic N) is 1. The molecule has 0 fully saturated rings. The molecule has 0 saturated carbocycles. The van der Waals surface area contributed by atoms with Crippen molar-refractivity contribution in [1.82, 2.24) is 15.6 Å². The molecule has 1 rings (SSSR count). The Morgan fingerprint density at radius 2 is 2.00 bits per heavy atom. The number of likely N-dealkylation sites (N-methyl/N-ethyl adjacent to an activating group) is 1. The quantitative estimate of drug-likeness (QED) is 0.864. The predicted molar refractivity (Wildman–Crippen MR) is 71.3 cm³/mol. The number of nitrogens with one attached hydrogen (secondary N) is 2. The van der Waals surface area contributed by atoms with Crippen LogP contribution in [0.3, 0.4) is 0 Å². The molecular weight excluding hydrogens is 234 g/mol. The topological polar surface area (TPSA) is 54.0 Å². The second-order valence-electron chi connectivity index (χ2n) is 4.75. The first-order chi connectivity index (χ1) is 7.77. The Bertz CT molecular complexity index is 412. The van der Waals surface area contributed by atoms with Crippen LogP contribution in [0.25, 0.3) is 0 Å². The number of hydrogen-bond acceptors (Lipinski definition) is 4. The average Bonchev–Trinajstić information content (AvgIpc) is 2.57. The zero-order chi connectivity index (χ0) is 13.2. The molecule has 0 aliphatic rings. The lowest BCUT2D eigenvalue weighted by Gasteiger charge is -2.25. The number of aromatic nitrogens is 1. The highest BCUT2D eigenvalue weighted by atomic mass is 32.1. The van der Waals surface area contributed by atoms with Gasteiger partial charge in [-0.3, -0.25) is 4.79 Å². The van der Waals surface area contributed by atoms with Crippen LogP contribution in [-0.4, -0.2) is 23.5 Å². The van der Waals surface area contributed by atoms with Gasteiger partial charge in [-0.05, 0) is 41.7 Å². The van der Waals surface area contributed by atoms with E-state index in [9.17, 15) is 4.79 Å². The van der Waals surface area contributed by atoms with Crippen LogP contribution in [-0.2, 0) is 4.79 Å². The molecule has 1 atom stereocenters. The highest BCUT2D eigenvalue weighted by Crippen LogP contribution is 2.24. The van der Waals surface area contributed by atoms with E-state index >= 15 is 0 Å². The first-order valence-electron chi connectivity index (χ1n) is 5.71. The highest BCUT2D eigenvalue weighted by molar-refractivity contribution is 7.11. The molecule has 1 amide bonds. The molecule has 1 heterocycles. The molecule has 0 saturated heterocycles. The summed E-state index contributed by atoms with van der Waals surface area (Å²) in [5, 5.41) is 7.04. The smallest absolute Gasteiger partial charge is 0.240 e. The molecule has 1 unspecified atom stereocenters. The molecule has 0 aromatic carbocycles. The molecule has 0 spiro atoms. The monoisotopic (exact) mass is 255 g/mol. The van der Waals surface area contributed by atoms with Crippen molar-refractivity contribution in [3.8, 4) is 0 Å². The van der Waals surface area contributed by atoms with Crippen molar-refractivity contribution in [2.24, 2.45) is 0 Å². The van der Waals surface area contributed by atoms with Crippen molar-refractivity contribution >= 4 is 17.2 Å². The van der Waals surface area contributed by atoms with Crippen LogP contribution in [0, 0.1) is 13.8 Å². The van der Waals surface area contributed by atoms with Crippen LogP contribution in [0.4, 0.5) is 0 Å². The largest absolute Gasteiger partial charge is 0.347 e. The molecule has 1 aromatic rings. The molecule has 0 bridgehead atoms. The minimum atomic E-state index is -0.554.